The van der Waals surface area contributed by atoms with Gasteiger partial charge in [-0.2, -0.15) is 0 Å². The van der Waals surface area contributed by atoms with Gasteiger partial charge >= 0.3 is 5.97 Å². The summed E-state index contributed by atoms with van der Waals surface area (Å²) < 4.78 is 4.58. The van der Waals surface area contributed by atoms with Crippen LogP contribution in [0.1, 0.15) is 10.5 Å². The lowest BCUT2D eigenvalue weighted by atomic mass is 10.2. The minimum Gasteiger partial charge on any atom is -0.464 e. The molecule has 0 radical (unpaired) electrons. The number of rotatable bonds is 2. The van der Waals surface area contributed by atoms with Gasteiger partial charge in [-0.05, 0) is 17.7 Å². The Bertz CT molecular complexity index is 568. The zero-order valence-corrected chi connectivity index (χ0v) is 10.2. The van der Waals surface area contributed by atoms with Crippen molar-refractivity contribution in [2.24, 2.45) is 0 Å². The van der Waals surface area contributed by atoms with Crippen molar-refractivity contribution in [1.82, 2.24) is 15.0 Å². The van der Waals surface area contributed by atoms with E-state index in [1.54, 1.807) is 12.3 Å². The first kappa shape index (κ1) is 11.9. The number of carbonyl (C=O) groups excluding carboxylic acids is 1. The molecule has 2 heterocycles. The monoisotopic (exact) mass is 271 g/mol. The molecule has 0 saturated heterocycles. The van der Waals surface area contributed by atoms with Crippen LogP contribution >= 0.6 is 23.2 Å². The van der Waals surface area contributed by atoms with E-state index >= 15 is 0 Å². The first-order chi connectivity index (χ1) is 8.11. The third-order valence-corrected chi connectivity index (χ3v) is 2.54. The Hall–Kier alpha value is -1.59. The normalized spacial score (nSPS) is 10.3. The van der Waals surface area contributed by atoms with Crippen LogP contribution in [0.25, 0.3) is 11.3 Å². The van der Waals surface area contributed by atoms with Crippen molar-refractivity contribution >= 4 is 29.2 Å². The molecule has 0 bridgehead atoms. The van der Waals surface area contributed by atoms with Gasteiger partial charge in [-0.15, -0.1) is 0 Å². The van der Waals surface area contributed by atoms with Gasteiger partial charge < -0.3 is 9.72 Å². The Balaban J connectivity index is 2.43. The third-order valence-electron chi connectivity index (χ3n) is 2.08. The summed E-state index contributed by atoms with van der Waals surface area (Å²) in [5.41, 5.74) is 1.41. The predicted molar refractivity (Wildman–Crippen MR) is 63.2 cm³/mol. The number of esters is 1. The Morgan fingerprint density at radius 2 is 2.24 bits per heavy atom. The minimum absolute atomic E-state index is 0.0882. The summed E-state index contributed by atoms with van der Waals surface area (Å²) in [5, 5.41) is 0.440. The average Bonchev–Trinajstić information content (AvgIpc) is 2.80. The van der Waals surface area contributed by atoms with Crippen LogP contribution in [0.3, 0.4) is 0 Å². The van der Waals surface area contributed by atoms with Gasteiger partial charge in [0.05, 0.1) is 24.0 Å². The number of nitrogens with zero attached hydrogens (tertiary/aromatic N) is 2. The van der Waals surface area contributed by atoms with Gasteiger partial charge in [0, 0.05) is 11.8 Å². The van der Waals surface area contributed by atoms with Crippen LogP contribution in [-0.4, -0.2) is 28.0 Å². The van der Waals surface area contributed by atoms with Crippen molar-refractivity contribution in [3.05, 3.63) is 34.5 Å². The van der Waals surface area contributed by atoms with Crippen molar-refractivity contribution < 1.29 is 9.53 Å². The molecule has 17 heavy (non-hydrogen) atoms. The molecular weight excluding hydrogens is 265 g/mol. The lowest BCUT2D eigenvalue weighted by molar-refractivity contribution is 0.0595. The number of aromatic amines is 1. The van der Waals surface area contributed by atoms with Crippen LogP contribution in [0.5, 0.6) is 0 Å². The molecule has 2 rings (SSSR count). The number of ether oxygens (including phenoxy) is 1. The van der Waals surface area contributed by atoms with E-state index in [0.29, 0.717) is 22.0 Å². The first-order valence-electron chi connectivity index (χ1n) is 4.57. The fraction of sp³-hybridized carbons (Fsp3) is 0.100. The largest absolute Gasteiger partial charge is 0.464 e. The molecule has 0 aliphatic rings. The van der Waals surface area contributed by atoms with Crippen molar-refractivity contribution in [2.45, 2.75) is 0 Å². The molecule has 0 saturated carbocycles. The fourth-order valence-electron chi connectivity index (χ4n) is 1.31. The van der Waals surface area contributed by atoms with Gasteiger partial charge in [-0.25, -0.2) is 14.8 Å². The Labute approximate surface area is 107 Å². The molecule has 0 aromatic carbocycles. The van der Waals surface area contributed by atoms with Gasteiger partial charge in [0.2, 0.25) is 5.28 Å². The van der Waals surface area contributed by atoms with Crippen LogP contribution in [0.4, 0.5) is 0 Å². The van der Waals surface area contributed by atoms with Crippen LogP contribution < -0.4 is 0 Å². The summed E-state index contributed by atoms with van der Waals surface area (Å²) in [7, 11) is 1.30. The zero-order valence-electron chi connectivity index (χ0n) is 8.70. The van der Waals surface area contributed by atoms with Gasteiger partial charge in [0.15, 0.2) is 0 Å². The van der Waals surface area contributed by atoms with Crippen molar-refractivity contribution in [3.8, 4) is 11.3 Å². The van der Waals surface area contributed by atoms with Crippen LogP contribution in [0.15, 0.2) is 18.5 Å². The molecule has 0 unspecified atom stereocenters. The van der Waals surface area contributed by atoms with Crippen LogP contribution in [-0.2, 0) is 4.74 Å². The van der Waals surface area contributed by atoms with E-state index < -0.39 is 5.97 Å². The summed E-state index contributed by atoms with van der Waals surface area (Å²) in [4.78, 5) is 21.8. The number of carbonyl (C=O) groups is 1. The molecular formula is C10H7Cl2N3O2. The molecule has 0 amide bonds. The summed E-state index contributed by atoms with van der Waals surface area (Å²) in [6, 6.07) is 1.58. The first-order valence-corrected chi connectivity index (χ1v) is 5.32. The number of hydrogen-bond donors (Lipinski definition) is 1. The highest BCUT2D eigenvalue weighted by molar-refractivity contribution is 6.33. The topological polar surface area (TPSA) is 67.9 Å². The molecule has 5 nitrogen and oxygen atoms in total. The van der Waals surface area contributed by atoms with E-state index in [4.69, 9.17) is 23.2 Å². The highest BCUT2D eigenvalue weighted by Crippen LogP contribution is 2.26. The standard InChI is InChI=1S/C10H7Cl2N3O2/c1-17-9(16)7-2-5(3-13-7)8-6(11)4-14-10(12)15-8/h2-4,13H,1H3. The molecule has 1 N–H and O–H groups in total. The predicted octanol–water partition coefficient (Wildman–Crippen LogP) is 2.57. The molecule has 0 atom stereocenters. The van der Waals surface area contributed by atoms with Gasteiger partial charge in [-0.3, -0.25) is 0 Å². The molecule has 88 valence electrons. The fourth-order valence-corrected chi connectivity index (χ4v) is 1.64. The SMILES string of the molecule is COC(=O)c1cc(-c2nc(Cl)ncc2Cl)c[nH]1. The third kappa shape index (κ3) is 2.40. The smallest absolute Gasteiger partial charge is 0.354 e. The molecule has 0 aliphatic heterocycles. The van der Waals surface area contributed by atoms with Gasteiger partial charge in [-0.1, -0.05) is 11.6 Å². The molecule has 7 heteroatoms. The quantitative estimate of drug-likeness (QED) is 0.673. The lowest BCUT2D eigenvalue weighted by Crippen LogP contribution is -2.00. The highest BCUT2D eigenvalue weighted by atomic mass is 35.5. The van der Waals surface area contributed by atoms with Crippen LogP contribution in [0, 0.1) is 0 Å². The molecule has 2 aromatic rings. The maximum Gasteiger partial charge on any atom is 0.354 e. The number of nitrogens with one attached hydrogen (secondary N) is 1. The second-order valence-corrected chi connectivity index (χ2v) is 3.87. The minimum atomic E-state index is -0.465. The summed E-state index contributed by atoms with van der Waals surface area (Å²) >= 11 is 11.6. The number of halogens is 2. The average molecular weight is 272 g/mol. The van der Waals surface area contributed by atoms with E-state index in [0.717, 1.165) is 0 Å². The zero-order chi connectivity index (χ0) is 12.4. The summed E-state index contributed by atoms with van der Waals surface area (Å²) in [6.07, 6.45) is 2.99. The maximum absolute atomic E-state index is 11.3. The van der Waals surface area contributed by atoms with Gasteiger partial charge in [0.25, 0.3) is 0 Å². The number of methoxy groups -OCH3 is 1. The van der Waals surface area contributed by atoms with E-state index in [9.17, 15) is 4.79 Å². The number of aromatic nitrogens is 3. The Kier molecular flexibility index (Phi) is 3.31. The van der Waals surface area contributed by atoms with E-state index in [1.165, 1.54) is 13.3 Å². The molecule has 0 aliphatic carbocycles. The second kappa shape index (κ2) is 4.73. The second-order valence-electron chi connectivity index (χ2n) is 3.13. The lowest BCUT2D eigenvalue weighted by Gasteiger charge is -1.99. The summed E-state index contributed by atoms with van der Waals surface area (Å²) in [6.45, 7) is 0. The van der Waals surface area contributed by atoms with E-state index in [-0.39, 0.29) is 5.28 Å². The van der Waals surface area contributed by atoms with Gasteiger partial charge in [0.1, 0.15) is 5.69 Å². The molecule has 0 spiro atoms. The van der Waals surface area contributed by atoms with Crippen molar-refractivity contribution in [1.29, 1.82) is 0 Å². The van der Waals surface area contributed by atoms with E-state index in [2.05, 4.69) is 19.7 Å². The maximum atomic E-state index is 11.3. The highest BCUT2D eigenvalue weighted by Gasteiger charge is 2.13. The molecule has 0 fully saturated rings. The van der Waals surface area contributed by atoms with E-state index in [1.807, 2.05) is 0 Å². The Morgan fingerprint density at radius 3 is 2.94 bits per heavy atom. The number of H-pyrrole nitrogens is 1. The van der Waals surface area contributed by atoms with Crippen LogP contribution in [0.2, 0.25) is 10.3 Å². The van der Waals surface area contributed by atoms with Crippen molar-refractivity contribution in [3.63, 3.8) is 0 Å². The molecule has 2 aromatic heterocycles. The number of hydrogen-bond acceptors (Lipinski definition) is 4. The Morgan fingerprint density at radius 1 is 1.47 bits per heavy atom. The van der Waals surface area contributed by atoms with Crippen molar-refractivity contribution in [2.75, 3.05) is 7.11 Å². The summed E-state index contributed by atoms with van der Waals surface area (Å²) in [5.74, 6) is -0.465.